The third kappa shape index (κ3) is 5.19. The smallest absolute Gasteiger partial charge is 0.397 e. The third-order valence-electron chi connectivity index (χ3n) is 2.25. The van der Waals surface area contributed by atoms with E-state index in [1.54, 1.807) is 7.11 Å². The van der Waals surface area contributed by atoms with Crippen molar-refractivity contribution >= 4 is 8.60 Å². The van der Waals surface area contributed by atoms with Gasteiger partial charge in [0.1, 0.15) is 0 Å². The van der Waals surface area contributed by atoms with E-state index in [1.165, 1.54) is 0 Å². The summed E-state index contributed by atoms with van der Waals surface area (Å²) in [4.78, 5) is 0. The molecular weight excluding hydrogens is 263 g/mol. The largest absolute Gasteiger partial charge is 0.493 e. The van der Waals surface area contributed by atoms with Crippen molar-refractivity contribution in [1.82, 2.24) is 0 Å². The summed E-state index contributed by atoms with van der Waals surface area (Å²) in [6.07, 6.45) is 2.64. The Kier molecular flexibility index (Phi) is 7.49. The first-order valence-corrected chi connectivity index (χ1v) is 7.36. The van der Waals surface area contributed by atoms with Crippen molar-refractivity contribution in [2.75, 3.05) is 20.3 Å². The van der Waals surface area contributed by atoms with Crippen LogP contribution in [-0.4, -0.2) is 20.3 Å². The van der Waals surface area contributed by atoms with Gasteiger partial charge >= 0.3 is 8.60 Å². The summed E-state index contributed by atoms with van der Waals surface area (Å²) < 4.78 is 21.9. The molecule has 1 aromatic carbocycles. The van der Waals surface area contributed by atoms with Crippen molar-refractivity contribution in [3.05, 3.63) is 36.4 Å². The molecule has 0 heterocycles. The highest BCUT2D eigenvalue weighted by atomic mass is 31.2. The predicted molar refractivity (Wildman–Crippen MR) is 77.7 cm³/mol. The molecule has 0 fully saturated rings. The van der Waals surface area contributed by atoms with Crippen molar-refractivity contribution in [3.63, 3.8) is 0 Å². The Hall–Kier alpha value is -1.09. The number of allylic oxidation sites excluding steroid dienone is 1. The van der Waals surface area contributed by atoms with E-state index in [4.69, 9.17) is 18.3 Å². The van der Waals surface area contributed by atoms with Crippen LogP contribution >= 0.6 is 8.60 Å². The lowest BCUT2D eigenvalue weighted by atomic mass is 10.1. The first-order chi connectivity index (χ1) is 9.24. The van der Waals surface area contributed by atoms with Crippen molar-refractivity contribution in [2.45, 2.75) is 20.3 Å². The summed E-state index contributed by atoms with van der Waals surface area (Å²) in [5.41, 5.74) is 1.12. The molecule has 0 bridgehead atoms. The summed E-state index contributed by atoms with van der Waals surface area (Å²) in [6.45, 7) is 8.62. The number of methoxy groups -OCH3 is 1. The summed E-state index contributed by atoms with van der Waals surface area (Å²) >= 11 is 0. The van der Waals surface area contributed by atoms with E-state index in [-0.39, 0.29) is 0 Å². The van der Waals surface area contributed by atoms with Crippen LogP contribution in [0.3, 0.4) is 0 Å². The summed E-state index contributed by atoms with van der Waals surface area (Å²) in [7, 11) is 0.238. The van der Waals surface area contributed by atoms with Crippen molar-refractivity contribution in [1.29, 1.82) is 0 Å². The van der Waals surface area contributed by atoms with E-state index in [0.717, 1.165) is 12.0 Å². The van der Waals surface area contributed by atoms with Crippen LogP contribution in [0.4, 0.5) is 0 Å². The fourth-order valence-corrected chi connectivity index (χ4v) is 2.38. The van der Waals surface area contributed by atoms with Crippen molar-refractivity contribution in [3.8, 4) is 11.5 Å². The Balaban J connectivity index is 2.82. The topological polar surface area (TPSA) is 36.9 Å². The van der Waals surface area contributed by atoms with E-state index < -0.39 is 8.60 Å². The van der Waals surface area contributed by atoms with Gasteiger partial charge in [-0.2, -0.15) is 0 Å². The first kappa shape index (κ1) is 16.0. The molecule has 0 aromatic heterocycles. The lowest BCUT2D eigenvalue weighted by Gasteiger charge is -2.17. The molecule has 0 aliphatic heterocycles. The molecule has 0 radical (unpaired) electrons. The molecule has 106 valence electrons. The van der Waals surface area contributed by atoms with Gasteiger partial charge in [0.15, 0.2) is 11.5 Å². The van der Waals surface area contributed by atoms with Gasteiger partial charge in [0.05, 0.1) is 20.3 Å². The van der Waals surface area contributed by atoms with Gasteiger partial charge in [0, 0.05) is 0 Å². The molecule has 4 nitrogen and oxygen atoms in total. The first-order valence-electron chi connectivity index (χ1n) is 6.26. The Morgan fingerprint density at radius 3 is 2.37 bits per heavy atom. The molecule has 0 unspecified atom stereocenters. The van der Waals surface area contributed by atoms with Gasteiger partial charge in [-0.1, -0.05) is 12.1 Å². The minimum Gasteiger partial charge on any atom is -0.493 e. The molecule has 0 aliphatic rings. The van der Waals surface area contributed by atoms with Crippen LogP contribution in [0.5, 0.6) is 11.5 Å². The van der Waals surface area contributed by atoms with Crippen LogP contribution in [0.1, 0.15) is 19.4 Å². The Bertz CT molecular complexity index is 389. The number of hydrogen-bond donors (Lipinski definition) is 0. The van der Waals surface area contributed by atoms with Gasteiger partial charge in [-0.05, 0) is 38.0 Å². The minimum absolute atomic E-state index is 0.544. The van der Waals surface area contributed by atoms with Gasteiger partial charge in [0.2, 0.25) is 0 Å². The van der Waals surface area contributed by atoms with E-state index in [0.29, 0.717) is 24.7 Å². The average molecular weight is 284 g/mol. The van der Waals surface area contributed by atoms with Crippen LogP contribution in [0.2, 0.25) is 0 Å². The maximum absolute atomic E-state index is 5.72. The normalized spacial score (nSPS) is 10.5. The molecule has 1 rings (SSSR count). The highest BCUT2D eigenvalue weighted by molar-refractivity contribution is 7.42. The highest BCUT2D eigenvalue weighted by Crippen LogP contribution is 2.43. The minimum atomic E-state index is -1.38. The molecule has 0 atom stereocenters. The standard InChI is InChI=1S/C14H21O4P/c1-5-8-12-9-10-13(14(11-12)15-4)18-19(16-6-2)17-7-3/h5,9-11H,1,6-8H2,2-4H3. The quantitative estimate of drug-likeness (QED) is 0.505. The van der Waals surface area contributed by atoms with Gasteiger partial charge in [-0.15, -0.1) is 6.58 Å². The number of hydrogen-bond acceptors (Lipinski definition) is 4. The zero-order chi connectivity index (χ0) is 14.1. The highest BCUT2D eigenvalue weighted by Gasteiger charge is 2.16. The van der Waals surface area contributed by atoms with E-state index in [9.17, 15) is 0 Å². The molecule has 19 heavy (non-hydrogen) atoms. The second-order valence-electron chi connectivity index (χ2n) is 3.63. The van der Waals surface area contributed by atoms with Crippen molar-refractivity contribution < 1.29 is 18.3 Å². The van der Waals surface area contributed by atoms with Gasteiger partial charge in [-0.3, -0.25) is 0 Å². The van der Waals surface area contributed by atoms with E-state index in [1.807, 2.05) is 38.1 Å². The molecule has 1 aromatic rings. The Labute approximate surface area is 116 Å². The van der Waals surface area contributed by atoms with Crippen LogP contribution < -0.4 is 9.26 Å². The van der Waals surface area contributed by atoms with Gasteiger partial charge in [0.25, 0.3) is 0 Å². The molecular formula is C14H21O4P. The lowest BCUT2D eigenvalue weighted by Crippen LogP contribution is -1.99. The molecule has 0 N–H and O–H groups in total. The van der Waals surface area contributed by atoms with E-state index in [2.05, 4.69) is 6.58 Å². The predicted octanol–water partition coefficient (Wildman–Crippen LogP) is 4.10. The van der Waals surface area contributed by atoms with E-state index >= 15 is 0 Å². The summed E-state index contributed by atoms with van der Waals surface area (Å²) in [6, 6.07) is 5.78. The zero-order valence-electron chi connectivity index (χ0n) is 11.7. The molecule has 0 amide bonds. The fraction of sp³-hybridized carbons (Fsp3) is 0.429. The second kappa shape index (κ2) is 8.92. The second-order valence-corrected chi connectivity index (χ2v) is 4.77. The van der Waals surface area contributed by atoms with Crippen LogP contribution in [0.25, 0.3) is 0 Å². The molecule has 5 heteroatoms. The lowest BCUT2D eigenvalue weighted by molar-refractivity contribution is 0.219. The molecule has 0 spiro atoms. The number of rotatable bonds is 9. The van der Waals surface area contributed by atoms with Crippen LogP contribution in [0, 0.1) is 0 Å². The van der Waals surface area contributed by atoms with Gasteiger partial charge < -0.3 is 18.3 Å². The molecule has 0 saturated heterocycles. The SMILES string of the molecule is C=CCc1ccc(OP(OCC)OCC)c(OC)c1. The third-order valence-corrected chi connectivity index (χ3v) is 3.53. The monoisotopic (exact) mass is 284 g/mol. The average Bonchev–Trinajstić information content (AvgIpc) is 2.41. The zero-order valence-corrected chi connectivity index (χ0v) is 12.6. The Morgan fingerprint density at radius 1 is 1.16 bits per heavy atom. The van der Waals surface area contributed by atoms with Crippen LogP contribution in [-0.2, 0) is 15.5 Å². The maximum atomic E-state index is 5.72. The van der Waals surface area contributed by atoms with Gasteiger partial charge in [-0.25, -0.2) is 0 Å². The molecule has 0 saturated carbocycles. The fourth-order valence-electron chi connectivity index (χ4n) is 1.46. The number of ether oxygens (including phenoxy) is 1. The molecule has 0 aliphatic carbocycles. The number of benzene rings is 1. The maximum Gasteiger partial charge on any atom is 0.397 e. The van der Waals surface area contributed by atoms with Crippen LogP contribution in [0.15, 0.2) is 30.9 Å². The summed E-state index contributed by atoms with van der Waals surface area (Å²) in [5, 5.41) is 0. The summed E-state index contributed by atoms with van der Waals surface area (Å²) in [5.74, 6) is 1.30. The van der Waals surface area contributed by atoms with Crippen molar-refractivity contribution in [2.24, 2.45) is 0 Å². The Morgan fingerprint density at radius 2 is 1.84 bits per heavy atom.